The number of rotatable bonds is 31. The second kappa shape index (κ2) is 25.5. The number of nitrogens with one attached hydrogen (secondary N) is 3. The Bertz CT molecular complexity index is 1010. The highest BCUT2D eigenvalue weighted by Gasteiger charge is 2.29. The minimum atomic E-state index is -3.24. The lowest BCUT2D eigenvalue weighted by Crippen LogP contribution is -2.37. The van der Waals surface area contributed by atoms with Gasteiger partial charge in [0.05, 0.1) is 31.7 Å². The minimum Gasteiger partial charge on any atom is -0.396 e. The van der Waals surface area contributed by atoms with E-state index in [9.17, 15) is 14.5 Å². The number of H-pyrrole nitrogens is 1. The molecule has 0 bridgehead atoms. The van der Waals surface area contributed by atoms with Crippen molar-refractivity contribution in [1.82, 2.24) is 15.3 Å². The summed E-state index contributed by atoms with van der Waals surface area (Å²) in [5.41, 5.74) is 6.50. The predicted molar refractivity (Wildman–Crippen MR) is 189 cm³/mol. The zero-order chi connectivity index (χ0) is 33.3. The van der Waals surface area contributed by atoms with E-state index in [1.807, 2.05) is 6.92 Å². The van der Waals surface area contributed by atoms with Crippen LogP contribution in [0.4, 0.5) is 11.6 Å². The maximum absolute atomic E-state index is 13.3. The van der Waals surface area contributed by atoms with E-state index in [4.69, 9.17) is 19.9 Å². The van der Waals surface area contributed by atoms with E-state index in [1.54, 1.807) is 0 Å². The molecule has 2 unspecified atom stereocenters. The normalized spacial score (nSPS) is 16.3. The number of hydrogen-bond acceptors (Lipinski definition) is 10. The Morgan fingerprint density at radius 1 is 0.870 bits per heavy atom. The lowest BCUT2D eigenvalue weighted by Gasteiger charge is -2.22. The Kier molecular flexibility index (Phi) is 22.6. The van der Waals surface area contributed by atoms with Crippen LogP contribution in [0, 0.1) is 0 Å². The van der Waals surface area contributed by atoms with Gasteiger partial charge in [0.15, 0.2) is 0 Å². The van der Waals surface area contributed by atoms with Crippen molar-refractivity contribution >= 4 is 19.2 Å². The van der Waals surface area contributed by atoms with E-state index in [0.29, 0.717) is 50.7 Å². The maximum atomic E-state index is 13.3. The first kappa shape index (κ1) is 40.7. The molecule has 0 aliphatic carbocycles. The van der Waals surface area contributed by atoms with Crippen molar-refractivity contribution in [2.75, 3.05) is 56.7 Å². The molecule has 2 heterocycles. The smallest absolute Gasteiger partial charge is 0.330 e. The summed E-state index contributed by atoms with van der Waals surface area (Å²) < 4.78 is 24.7. The number of nitrogens with two attached hydrogens (primary N) is 1. The highest BCUT2D eigenvalue weighted by Crippen LogP contribution is 2.49. The fraction of sp³-hybridized carbons (Fsp3) is 0.882. The molecule has 0 amide bonds. The molecule has 0 fully saturated rings. The van der Waals surface area contributed by atoms with Crippen LogP contribution in [0.15, 0.2) is 4.79 Å². The summed E-state index contributed by atoms with van der Waals surface area (Å²) in [6.45, 7) is 3.82. The van der Waals surface area contributed by atoms with Gasteiger partial charge in [0.25, 0.3) is 5.56 Å². The Hall–Kier alpha value is -1.49. The van der Waals surface area contributed by atoms with Crippen LogP contribution in [0.3, 0.4) is 0 Å². The Morgan fingerprint density at radius 3 is 1.89 bits per heavy atom. The third-order valence-electron chi connectivity index (χ3n) is 8.92. The maximum Gasteiger partial charge on any atom is 0.330 e. The van der Waals surface area contributed by atoms with Gasteiger partial charge in [-0.15, -0.1) is 0 Å². The molecule has 2 rings (SSSR count). The van der Waals surface area contributed by atoms with Crippen LogP contribution >= 0.6 is 7.60 Å². The molecule has 268 valence electrons. The number of aromatic amines is 1. The second-order valence-corrected chi connectivity index (χ2v) is 15.1. The number of anilines is 2. The molecule has 12 heteroatoms. The molecule has 1 aliphatic rings. The average molecular weight is 672 g/mol. The zero-order valence-corrected chi connectivity index (χ0v) is 29.6. The molecular formula is C34H66N5O6P. The van der Waals surface area contributed by atoms with Crippen LogP contribution in [-0.2, 0) is 13.6 Å². The number of aliphatic hydroxyl groups is 2. The molecular weight excluding hydrogens is 605 g/mol. The summed E-state index contributed by atoms with van der Waals surface area (Å²) in [7, 11) is -3.24. The van der Waals surface area contributed by atoms with Gasteiger partial charge in [-0.2, -0.15) is 0 Å². The SMILES string of the molecule is CCOP(=O)(CC[C@@H](CO)NCC1CNc2c1nc(N)[nH]c2=O)OCCCCCCCCCCCCCCCCCCCCCO. The van der Waals surface area contributed by atoms with E-state index in [2.05, 4.69) is 20.6 Å². The van der Waals surface area contributed by atoms with Crippen molar-refractivity contribution in [2.45, 2.75) is 147 Å². The molecule has 0 saturated carbocycles. The third kappa shape index (κ3) is 17.6. The Morgan fingerprint density at radius 2 is 1.39 bits per heavy atom. The number of aromatic nitrogens is 2. The first-order valence-electron chi connectivity index (χ1n) is 18.4. The molecule has 7 N–H and O–H groups in total. The minimum absolute atomic E-state index is 0.0574. The standard InChI is InChI=1S/C34H66N5O6P/c1-2-44-46(43,25-22-30(28-41)36-26-29-27-37-32-31(29)38-34(35)39-33(32)42)45-24-21-19-17-15-13-11-9-7-5-3-4-6-8-10-12-14-16-18-20-23-40/h29-30,36-37,40-41H,2-28H2,1H3,(H3,35,38,39,42)/t29?,30-,46?/m0/s1. The van der Waals surface area contributed by atoms with Gasteiger partial charge in [0, 0.05) is 31.7 Å². The number of nitrogen functional groups attached to an aromatic ring is 1. The molecule has 46 heavy (non-hydrogen) atoms. The zero-order valence-electron chi connectivity index (χ0n) is 28.7. The molecule has 1 aliphatic heterocycles. The summed E-state index contributed by atoms with van der Waals surface area (Å²) in [6, 6.07) is -0.283. The van der Waals surface area contributed by atoms with Gasteiger partial charge in [-0.05, 0) is 26.2 Å². The van der Waals surface area contributed by atoms with Gasteiger partial charge in [0.2, 0.25) is 5.95 Å². The summed E-state index contributed by atoms with van der Waals surface area (Å²) >= 11 is 0. The summed E-state index contributed by atoms with van der Waals surface area (Å²) in [6.07, 6.45) is 24.7. The predicted octanol–water partition coefficient (Wildman–Crippen LogP) is 6.85. The molecule has 1 aromatic heterocycles. The summed E-state index contributed by atoms with van der Waals surface area (Å²) in [5.74, 6) is 0.0280. The topological polar surface area (TPSA) is 172 Å². The Labute approximate surface area is 278 Å². The van der Waals surface area contributed by atoms with Crippen LogP contribution in [0.5, 0.6) is 0 Å². The molecule has 0 aromatic carbocycles. The molecule has 11 nitrogen and oxygen atoms in total. The van der Waals surface area contributed by atoms with Crippen molar-refractivity contribution in [3.05, 3.63) is 16.0 Å². The number of unbranched alkanes of at least 4 members (excludes halogenated alkanes) is 18. The van der Waals surface area contributed by atoms with Crippen molar-refractivity contribution in [3.63, 3.8) is 0 Å². The lowest BCUT2D eigenvalue weighted by atomic mass is 10.0. The van der Waals surface area contributed by atoms with E-state index >= 15 is 0 Å². The summed E-state index contributed by atoms with van der Waals surface area (Å²) in [4.78, 5) is 18.8. The van der Waals surface area contributed by atoms with Gasteiger partial charge in [0.1, 0.15) is 5.69 Å². The fourth-order valence-corrected chi connectivity index (χ4v) is 7.89. The number of fused-ring (bicyclic) bond motifs is 1. The van der Waals surface area contributed by atoms with Gasteiger partial charge < -0.3 is 35.6 Å². The van der Waals surface area contributed by atoms with Crippen molar-refractivity contribution in [3.8, 4) is 0 Å². The molecule has 0 saturated heterocycles. The first-order valence-corrected chi connectivity index (χ1v) is 20.1. The molecule has 0 spiro atoms. The van der Waals surface area contributed by atoms with Gasteiger partial charge in [-0.1, -0.05) is 109 Å². The second-order valence-electron chi connectivity index (χ2n) is 12.9. The van der Waals surface area contributed by atoms with Crippen LogP contribution in [-0.4, -0.2) is 71.9 Å². The van der Waals surface area contributed by atoms with E-state index in [-0.39, 0.29) is 36.2 Å². The van der Waals surface area contributed by atoms with Crippen LogP contribution in [0.25, 0.3) is 0 Å². The molecule has 0 radical (unpaired) electrons. The number of aliphatic hydroxyl groups excluding tert-OH is 2. The van der Waals surface area contributed by atoms with Crippen molar-refractivity contribution in [2.24, 2.45) is 0 Å². The van der Waals surface area contributed by atoms with E-state index in [1.165, 1.54) is 103 Å². The van der Waals surface area contributed by atoms with Crippen molar-refractivity contribution in [1.29, 1.82) is 0 Å². The molecule has 1 aromatic rings. The van der Waals surface area contributed by atoms with E-state index < -0.39 is 7.60 Å². The highest BCUT2D eigenvalue weighted by atomic mass is 31.2. The van der Waals surface area contributed by atoms with Gasteiger partial charge in [-0.25, -0.2) is 4.98 Å². The Balaban J connectivity index is 1.45. The number of nitrogens with zero attached hydrogens (tertiary/aromatic N) is 1. The average Bonchev–Trinajstić information content (AvgIpc) is 3.45. The van der Waals surface area contributed by atoms with Crippen molar-refractivity contribution < 1.29 is 23.8 Å². The monoisotopic (exact) mass is 671 g/mol. The lowest BCUT2D eigenvalue weighted by molar-refractivity contribution is 0.201. The van der Waals surface area contributed by atoms with Gasteiger partial charge in [-0.3, -0.25) is 14.3 Å². The van der Waals surface area contributed by atoms with E-state index in [0.717, 1.165) is 19.3 Å². The molecule has 3 atom stereocenters. The highest BCUT2D eigenvalue weighted by molar-refractivity contribution is 7.53. The van der Waals surface area contributed by atoms with Gasteiger partial charge >= 0.3 is 7.60 Å². The quantitative estimate of drug-likeness (QED) is 0.0362. The number of hydrogen-bond donors (Lipinski definition) is 6. The van der Waals surface area contributed by atoms with Crippen LogP contribution < -0.4 is 21.9 Å². The van der Waals surface area contributed by atoms with Crippen LogP contribution in [0.1, 0.15) is 147 Å². The largest absolute Gasteiger partial charge is 0.396 e. The summed E-state index contributed by atoms with van der Waals surface area (Å²) in [5, 5.41) is 25.1. The third-order valence-corrected chi connectivity index (χ3v) is 11.0. The van der Waals surface area contributed by atoms with Crippen LogP contribution in [0.2, 0.25) is 0 Å². The first-order chi connectivity index (χ1) is 22.4. The fourth-order valence-electron chi connectivity index (χ4n) is 6.13.